The van der Waals surface area contributed by atoms with Crippen LogP contribution in [0, 0.1) is 17.0 Å². The normalized spacial score (nSPS) is 10.3. The summed E-state index contributed by atoms with van der Waals surface area (Å²) in [7, 11) is 1.47. The van der Waals surface area contributed by atoms with Crippen LogP contribution in [0.3, 0.4) is 0 Å². The van der Waals surface area contributed by atoms with E-state index in [1.54, 1.807) is 19.1 Å². The number of methoxy groups -OCH3 is 1. The lowest BCUT2D eigenvalue weighted by Gasteiger charge is -2.11. The summed E-state index contributed by atoms with van der Waals surface area (Å²) in [5, 5.41) is 17.4. The molecule has 1 amide bonds. The summed E-state index contributed by atoms with van der Waals surface area (Å²) < 4.78 is 6.34. The number of nitro groups is 1. The Labute approximate surface area is 130 Å². The number of ether oxygens (including phenoxy) is 1. The summed E-state index contributed by atoms with van der Waals surface area (Å²) in [4.78, 5) is 21.9. The molecule has 1 aromatic carbocycles. The lowest BCUT2D eigenvalue weighted by atomic mass is 10.2. The Balaban J connectivity index is 2.11. The van der Waals surface area contributed by atoms with Crippen molar-refractivity contribution in [1.29, 1.82) is 0 Å². The molecule has 1 heterocycles. The molecule has 2 rings (SSSR count). The van der Waals surface area contributed by atoms with Gasteiger partial charge in [0.2, 0.25) is 5.91 Å². The lowest BCUT2D eigenvalue weighted by Crippen LogP contribution is -2.19. The summed E-state index contributed by atoms with van der Waals surface area (Å²) in [6.07, 6.45) is 1.36. The van der Waals surface area contributed by atoms with Gasteiger partial charge in [-0.15, -0.1) is 0 Å². The zero-order chi connectivity index (χ0) is 16.3. The zero-order valence-corrected chi connectivity index (χ0v) is 12.6. The number of halogens is 1. The minimum atomic E-state index is -0.625. The lowest BCUT2D eigenvalue weighted by molar-refractivity contribution is -0.389. The van der Waals surface area contributed by atoms with Gasteiger partial charge in [0.25, 0.3) is 0 Å². The average Bonchev–Trinajstić information content (AvgIpc) is 2.91. The molecule has 0 saturated heterocycles. The fourth-order valence-electron chi connectivity index (χ4n) is 1.80. The highest BCUT2D eigenvalue weighted by Crippen LogP contribution is 2.30. The van der Waals surface area contributed by atoms with Crippen LogP contribution in [-0.2, 0) is 11.3 Å². The molecule has 0 atom stereocenters. The molecule has 22 heavy (non-hydrogen) atoms. The monoisotopic (exact) mass is 324 g/mol. The van der Waals surface area contributed by atoms with Crippen LogP contribution in [-0.4, -0.2) is 27.7 Å². The molecule has 116 valence electrons. The molecule has 8 nitrogen and oxygen atoms in total. The van der Waals surface area contributed by atoms with Crippen molar-refractivity contribution in [3.63, 3.8) is 0 Å². The van der Waals surface area contributed by atoms with Crippen LogP contribution < -0.4 is 10.1 Å². The predicted molar refractivity (Wildman–Crippen MR) is 80.3 cm³/mol. The van der Waals surface area contributed by atoms with E-state index < -0.39 is 10.8 Å². The highest BCUT2D eigenvalue weighted by Gasteiger charge is 2.15. The predicted octanol–water partition coefficient (Wildman–Crippen LogP) is 2.40. The smallest absolute Gasteiger partial charge is 0.389 e. The molecule has 0 spiro atoms. The number of benzene rings is 1. The second kappa shape index (κ2) is 6.44. The van der Waals surface area contributed by atoms with Crippen molar-refractivity contribution in [1.82, 2.24) is 9.78 Å². The quantitative estimate of drug-likeness (QED) is 0.672. The number of hydrogen-bond donors (Lipinski definition) is 1. The van der Waals surface area contributed by atoms with Gasteiger partial charge in [-0.3, -0.25) is 4.79 Å². The second-order valence-corrected chi connectivity index (χ2v) is 4.89. The number of nitrogens with zero attached hydrogens (tertiary/aromatic N) is 3. The van der Waals surface area contributed by atoms with E-state index in [2.05, 4.69) is 10.4 Å². The second-order valence-electron chi connectivity index (χ2n) is 4.48. The van der Waals surface area contributed by atoms with Crippen molar-refractivity contribution in [3.8, 4) is 5.75 Å². The maximum absolute atomic E-state index is 12.0. The highest BCUT2D eigenvalue weighted by atomic mass is 35.5. The fourth-order valence-corrected chi connectivity index (χ4v) is 1.96. The van der Waals surface area contributed by atoms with Crippen molar-refractivity contribution >= 4 is 29.0 Å². The number of rotatable bonds is 5. The summed E-state index contributed by atoms with van der Waals surface area (Å²) in [6, 6.07) is 4.51. The van der Waals surface area contributed by atoms with Crippen molar-refractivity contribution < 1.29 is 14.5 Å². The van der Waals surface area contributed by atoms with Crippen molar-refractivity contribution in [2.45, 2.75) is 13.5 Å². The van der Waals surface area contributed by atoms with Gasteiger partial charge in [0.1, 0.15) is 12.3 Å². The molecule has 0 unspecified atom stereocenters. The van der Waals surface area contributed by atoms with Gasteiger partial charge in [0.05, 0.1) is 30.2 Å². The number of amides is 1. The Kier molecular flexibility index (Phi) is 4.62. The van der Waals surface area contributed by atoms with Crippen LogP contribution in [0.2, 0.25) is 5.02 Å². The van der Waals surface area contributed by atoms with Crippen LogP contribution in [0.15, 0.2) is 24.4 Å². The minimum absolute atomic E-state index is 0.154. The van der Waals surface area contributed by atoms with Gasteiger partial charge in [-0.1, -0.05) is 11.6 Å². The van der Waals surface area contributed by atoms with Gasteiger partial charge < -0.3 is 20.2 Å². The van der Waals surface area contributed by atoms with Gasteiger partial charge >= 0.3 is 5.82 Å². The van der Waals surface area contributed by atoms with Crippen molar-refractivity contribution in [2.75, 3.05) is 12.4 Å². The Hall–Kier alpha value is -2.61. The van der Waals surface area contributed by atoms with E-state index in [9.17, 15) is 14.9 Å². The van der Waals surface area contributed by atoms with Crippen LogP contribution >= 0.6 is 11.6 Å². The first-order valence-electron chi connectivity index (χ1n) is 6.22. The largest absolute Gasteiger partial charge is 0.495 e. The number of anilines is 1. The molecule has 0 aliphatic rings. The Bertz CT molecular complexity index is 729. The Morgan fingerprint density at radius 3 is 2.86 bits per heavy atom. The van der Waals surface area contributed by atoms with Crippen molar-refractivity contribution in [2.24, 2.45) is 0 Å². The summed E-state index contributed by atoms with van der Waals surface area (Å²) in [6.45, 7) is 1.65. The molecule has 2 aromatic rings. The highest BCUT2D eigenvalue weighted by molar-refractivity contribution is 6.31. The van der Waals surface area contributed by atoms with E-state index in [1.165, 1.54) is 24.1 Å². The fraction of sp³-hybridized carbons (Fsp3) is 0.231. The number of aromatic nitrogens is 2. The third kappa shape index (κ3) is 3.53. The third-order valence-electron chi connectivity index (χ3n) is 2.87. The number of hydrogen-bond acceptors (Lipinski definition) is 5. The maximum atomic E-state index is 12.0. The van der Waals surface area contributed by atoms with Gasteiger partial charge in [0.15, 0.2) is 0 Å². The molecular weight excluding hydrogens is 312 g/mol. The molecule has 0 saturated carbocycles. The summed E-state index contributed by atoms with van der Waals surface area (Å²) in [5.41, 5.74) is 1.25. The molecule has 0 aliphatic carbocycles. The first kappa shape index (κ1) is 15.8. The molecule has 0 radical (unpaired) electrons. The zero-order valence-electron chi connectivity index (χ0n) is 11.9. The van der Waals surface area contributed by atoms with E-state index in [0.717, 1.165) is 5.56 Å². The van der Waals surface area contributed by atoms with Gasteiger partial charge in [-0.05, 0) is 23.5 Å². The Morgan fingerprint density at radius 2 is 2.27 bits per heavy atom. The number of aryl methyl sites for hydroxylation is 1. The maximum Gasteiger partial charge on any atom is 0.389 e. The van der Waals surface area contributed by atoms with Crippen LogP contribution in [0.25, 0.3) is 0 Å². The summed E-state index contributed by atoms with van der Waals surface area (Å²) >= 11 is 5.99. The first-order chi connectivity index (χ1) is 10.4. The standard InChI is InChI=1S/C13H13ClN4O4/c1-8-5-10(11(22-2)6-9(8)14)15-13(19)7-17-4-3-12(16-17)18(20)21/h3-6H,7H2,1-2H3,(H,15,19). The van der Waals surface area contributed by atoms with Crippen molar-refractivity contribution in [3.05, 3.63) is 45.1 Å². The topological polar surface area (TPSA) is 99.3 Å². The van der Waals surface area contributed by atoms with E-state index in [4.69, 9.17) is 16.3 Å². The van der Waals surface area contributed by atoms with Crippen LogP contribution in [0.4, 0.5) is 11.5 Å². The molecule has 0 bridgehead atoms. The first-order valence-corrected chi connectivity index (χ1v) is 6.60. The van der Waals surface area contributed by atoms with E-state index in [0.29, 0.717) is 16.5 Å². The summed E-state index contributed by atoms with van der Waals surface area (Å²) in [5.74, 6) is -0.277. The van der Waals surface area contributed by atoms with Gasteiger partial charge in [0, 0.05) is 11.1 Å². The van der Waals surface area contributed by atoms with Crippen LogP contribution in [0.5, 0.6) is 5.75 Å². The van der Waals surface area contributed by atoms with Gasteiger partial charge in [-0.2, -0.15) is 4.68 Å². The molecule has 1 N–H and O–H groups in total. The molecule has 1 aromatic heterocycles. The third-order valence-corrected chi connectivity index (χ3v) is 3.28. The minimum Gasteiger partial charge on any atom is -0.495 e. The average molecular weight is 325 g/mol. The molecular formula is C13H13ClN4O4. The number of nitrogens with one attached hydrogen (secondary N) is 1. The van der Waals surface area contributed by atoms with E-state index in [1.807, 2.05) is 0 Å². The number of carbonyl (C=O) groups excluding carboxylic acids is 1. The number of carbonyl (C=O) groups is 1. The van der Waals surface area contributed by atoms with E-state index in [-0.39, 0.29) is 12.4 Å². The molecule has 0 fully saturated rings. The SMILES string of the molecule is COc1cc(Cl)c(C)cc1NC(=O)Cn1ccc([N+](=O)[O-])n1. The molecule has 9 heteroatoms. The van der Waals surface area contributed by atoms with Crippen LogP contribution in [0.1, 0.15) is 5.56 Å². The molecule has 0 aliphatic heterocycles. The Morgan fingerprint density at radius 1 is 1.55 bits per heavy atom. The van der Waals surface area contributed by atoms with E-state index >= 15 is 0 Å². The van der Waals surface area contributed by atoms with Gasteiger partial charge in [-0.25, -0.2) is 0 Å².